The largest absolute Gasteiger partial charge is 0.493 e. The Labute approximate surface area is 191 Å². The third kappa shape index (κ3) is 6.40. The number of benzene rings is 2. The topological polar surface area (TPSA) is 67.9 Å². The predicted octanol–water partition coefficient (Wildman–Crippen LogP) is 4.97. The molecule has 0 fully saturated rings. The highest BCUT2D eigenvalue weighted by molar-refractivity contribution is 5.89. The van der Waals surface area contributed by atoms with Crippen LogP contribution in [0.5, 0.6) is 11.5 Å². The third-order valence-corrected chi connectivity index (χ3v) is 5.38. The van der Waals surface area contributed by atoms with Crippen LogP contribution in [0.4, 0.5) is 18.9 Å². The van der Waals surface area contributed by atoms with Crippen LogP contribution in [0.15, 0.2) is 30.3 Å². The van der Waals surface area contributed by atoms with Crippen LogP contribution in [0.25, 0.3) is 0 Å². The molecule has 1 heterocycles. The Kier molecular flexibility index (Phi) is 8.35. The minimum atomic E-state index is -4.86. The summed E-state index contributed by atoms with van der Waals surface area (Å²) in [6.07, 6.45) is -4.51. The Bertz CT molecular complexity index is 1020. The molecule has 1 aliphatic heterocycles. The molecule has 33 heavy (non-hydrogen) atoms. The number of aryl methyl sites for hydroxylation is 2. The summed E-state index contributed by atoms with van der Waals surface area (Å²) in [6.45, 7) is 7.14. The number of fused-ring (bicyclic) bond motifs is 1. The Morgan fingerprint density at radius 1 is 1.06 bits per heavy atom. The average molecular weight is 467 g/mol. The first kappa shape index (κ1) is 26.0. The highest BCUT2D eigenvalue weighted by Crippen LogP contribution is 2.39. The summed E-state index contributed by atoms with van der Waals surface area (Å²) in [5, 5.41) is 2.76. The van der Waals surface area contributed by atoms with Crippen molar-refractivity contribution in [1.29, 1.82) is 0 Å². The van der Waals surface area contributed by atoms with Gasteiger partial charge in [-0.05, 0) is 62.1 Å². The fourth-order valence-corrected chi connectivity index (χ4v) is 3.73. The van der Waals surface area contributed by atoms with E-state index in [2.05, 4.69) is 5.32 Å². The Hall–Kier alpha value is -3.23. The number of hydrogen-bond acceptors (Lipinski definition) is 4. The number of ether oxygens (including phenoxy) is 2. The van der Waals surface area contributed by atoms with E-state index in [1.54, 1.807) is 19.1 Å². The van der Waals surface area contributed by atoms with Crippen LogP contribution in [-0.2, 0) is 16.0 Å². The number of halogens is 3. The number of nitrogens with one attached hydrogen (secondary N) is 1. The minimum Gasteiger partial charge on any atom is -0.493 e. The molecule has 0 spiro atoms. The van der Waals surface area contributed by atoms with E-state index in [-0.39, 0.29) is 12.5 Å². The van der Waals surface area contributed by atoms with Gasteiger partial charge in [0.25, 0.3) is 0 Å². The van der Waals surface area contributed by atoms with E-state index in [9.17, 15) is 22.8 Å². The number of carbonyl (C=O) groups is 2. The lowest BCUT2D eigenvalue weighted by Gasteiger charge is -2.36. The number of alkyl halides is 3. The zero-order valence-electron chi connectivity index (χ0n) is 19.6. The molecule has 2 aromatic carbocycles. The van der Waals surface area contributed by atoms with Crippen LogP contribution in [0.3, 0.4) is 0 Å². The maximum absolute atomic E-state index is 12.6. The smallest absolute Gasteiger partial charge is 0.471 e. The highest BCUT2D eigenvalue weighted by atomic mass is 19.4. The van der Waals surface area contributed by atoms with Gasteiger partial charge in [-0.2, -0.15) is 13.2 Å². The van der Waals surface area contributed by atoms with E-state index in [4.69, 9.17) is 9.47 Å². The third-order valence-electron chi connectivity index (χ3n) is 5.38. The van der Waals surface area contributed by atoms with Gasteiger partial charge in [-0.15, -0.1) is 0 Å². The molecule has 1 atom stereocenters. The average Bonchev–Trinajstić information content (AvgIpc) is 2.74. The van der Waals surface area contributed by atoms with Gasteiger partial charge in [-0.1, -0.05) is 17.7 Å². The maximum atomic E-state index is 12.6. The van der Waals surface area contributed by atoms with Gasteiger partial charge in [-0.3, -0.25) is 9.59 Å². The van der Waals surface area contributed by atoms with E-state index in [1.807, 2.05) is 32.0 Å². The van der Waals surface area contributed by atoms with Crippen molar-refractivity contribution in [2.75, 3.05) is 26.1 Å². The molecule has 180 valence electrons. The SMILES string of the molecule is CC(=O)Nc1ccc(C)cc1C.COc1cc2c(cc1OC)C(C)N(C(=O)C(F)(F)F)CC2. The molecule has 2 aromatic rings. The molecule has 0 saturated heterocycles. The number of hydrogen-bond donors (Lipinski definition) is 1. The van der Waals surface area contributed by atoms with Crippen LogP contribution in [0.1, 0.15) is 42.1 Å². The highest BCUT2D eigenvalue weighted by Gasteiger charge is 2.45. The lowest BCUT2D eigenvalue weighted by Crippen LogP contribution is -2.45. The van der Waals surface area contributed by atoms with Gasteiger partial charge in [0, 0.05) is 19.2 Å². The molecule has 1 unspecified atom stereocenters. The van der Waals surface area contributed by atoms with Gasteiger partial charge < -0.3 is 19.7 Å². The van der Waals surface area contributed by atoms with E-state index in [0.29, 0.717) is 23.5 Å². The normalized spacial score (nSPS) is 15.1. The van der Waals surface area contributed by atoms with Crippen molar-refractivity contribution in [3.05, 3.63) is 52.6 Å². The fraction of sp³-hybridized carbons (Fsp3) is 0.417. The predicted molar refractivity (Wildman–Crippen MR) is 120 cm³/mol. The van der Waals surface area contributed by atoms with Crippen LogP contribution in [-0.4, -0.2) is 43.7 Å². The number of nitrogens with zero attached hydrogens (tertiary/aromatic N) is 1. The van der Waals surface area contributed by atoms with Crippen LogP contribution in [0.2, 0.25) is 0 Å². The molecule has 6 nitrogen and oxygen atoms in total. The van der Waals surface area contributed by atoms with Crippen molar-refractivity contribution in [3.8, 4) is 11.5 Å². The molecule has 0 radical (unpaired) electrons. The summed E-state index contributed by atoms with van der Waals surface area (Å²) >= 11 is 0. The molecule has 1 N–H and O–H groups in total. The van der Waals surface area contributed by atoms with Crippen LogP contribution in [0, 0.1) is 13.8 Å². The summed E-state index contributed by atoms with van der Waals surface area (Å²) in [5.41, 5.74) is 4.72. The van der Waals surface area contributed by atoms with Gasteiger partial charge in [0.05, 0.1) is 20.3 Å². The first-order valence-corrected chi connectivity index (χ1v) is 10.4. The number of carbonyl (C=O) groups excluding carboxylic acids is 2. The molecular formula is C24H29F3N2O4. The van der Waals surface area contributed by atoms with E-state index in [0.717, 1.165) is 21.7 Å². The first-order valence-electron chi connectivity index (χ1n) is 10.4. The Morgan fingerprint density at radius 2 is 1.67 bits per heavy atom. The van der Waals surface area contributed by atoms with Gasteiger partial charge in [0.2, 0.25) is 5.91 Å². The van der Waals surface area contributed by atoms with Gasteiger partial charge >= 0.3 is 12.1 Å². The standard InChI is InChI=1S/C14H16F3NO3.C10H13NO/c1-8-10-7-12(21-3)11(20-2)6-9(10)4-5-18(8)13(19)14(15,16)17;1-7-4-5-10(8(2)6-7)11-9(3)12/h6-8H,4-5H2,1-3H3;4-6H,1-3H3,(H,11,12). The minimum absolute atomic E-state index is 0.0260. The molecule has 0 aromatic heterocycles. The summed E-state index contributed by atoms with van der Waals surface area (Å²) < 4.78 is 48.2. The zero-order valence-corrected chi connectivity index (χ0v) is 19.6. The molecular weight excluding hydrogens is 437 g/mol. The summed E-state index contributed by atoms with van der Waals surface area (Å²) in [7, 11) is 2.95. The fourth-order valence-electron chi connectivity index (χ4n) is 3.73. The van der Waals surface area contributed by atoms with Gasteiger partial charge in [0.15, 0.2) is 11.5 Å². The van der Waals surface area contributed by atoms with Gasteiger partial charge in [0.1, 0.15) is 0 Å². The van der Waals surface area contributed by atoms with Crippen molar-refractivity contribution in [1.82, 2.24) is 4.90 Å². The summed E-state index contributed by atoms with van der Waals surface area (Å²) in [4.78, 5) is 23.0. The first-order chi connectivity index (χ1) is 15.4. The summed E-state index contributed by atoms with van der Waals surface area (Å²) in [5.74, 6) is -0.874. The van der Waals surface area contributed by atoms with E-state index < -0.39 is 18.1 Å². The second-order valence-electron chi connectivity index (χ2n) is 7.83. The Morgan fingerprint density at radius 3 is 2.18 bits per heavy atom. The second kappa shape index (κ2) is 10.6. The van der Waals surface area contributed by atoms with Crippen molar-refractivity contribution in [2.24, 2.45) is 0 Å². The lowest BCUT2D eigenvalue weighted by atomic mass is 9.92. The quantitative estimate of drug-likeness (QED) is 0.693. The maximum Gasteiger partial charge on any atom is 0.471 e. The summed E-state index contributed by atoms with van der Waals surface area (Å²) in [6, 6.07) is 8.67. The second-order valence-corrected chi connectivity index (χ2v) is 7.83. The van der Waals surface area contributed by atoms with E-state index >= 15 is 0 Å². The molecule has 3 rings (SSSR count). The van der Waals surface area contributed by atoms with E-state index in [1.165, 1.54) is 26.7 Å². The molecule has 2 amide bonds. The Balaban J connectivity index is 0.000000273. The van der Waals surface area contributed by atoms with Crippen molar-refractivity contribution < 1.29 is 32.2 Å². The van der Waals surface area contributed by atoms with Gasteiger partial charge in [-0.25, -0.2) is 0 Å². The molecule has 1 aliphatic rings. The molecule has 9 heteroatoms. The zero-order chi connectivity index (χ0) is 24.9. The molecule has 0 aliphatic carbocycles. The van der Waals surface area contributed by atoms with Crippen molar-refractivity contribution >= 4 is 17.5 Å². The van der Waals surface area contributed by atoms with Crippen LogP contribution >= 0.6 is 0 Å². The monoisotopic (exact) mass is 466 g/mol. The van der Waals surface area contributed by atoms with Crippen molar-refractivity contribution in [3.63, 3.8) is 0 Å². The number of methoxy groups -OCH3 is 2. The lowest BCUT2D eigenvalue weighted by molar-refractivity contribution is -0.188. The number of amides is 2. The molecule has 0 bridgehead atoms. The van der Waals surface area contributed by atoms with Crippen LogP contribution < -0.4 is 14.8 Å². The van der Waals surface area contributed by atoms with Crippen molar-refractivity contribution in [2.45, 2.75) is 46.3 Å². The number of rotatable bonds is 3. The molecule has 0 saturated carbocycles. The number of anilines is 1.